The van der Waals surface area contributed by atoms with E-state index in [0.717, 1.165) is 31.6 Å². The van der Waals surface area contributed by atoms with Gasteiger partial charge in [-0.3, -0.25) is 9.48 Å². The van der Waals surface area contributed by atoms with Crippen LogP contribution in [0, 0.1) is 0 Å². The fourth-order valence-electron chi connectivity index (χ4n) is 2.80. The van der Waals surface area contributed by atoms with Crippen LogP contribution in [0.5, 0.6) is 0 Å². The third-order valence-corrected chi connectivity index (χ3v) is 3.90. The second-order valence-electron chi connectivity index (χ2n) is 5.31. The van der Waals surface area contributed by atoms with E-state index >= 15 is 0 Å². The van der Waals surface area contributed by atoms with Gasteiger partial charge in [0.05, 0.1) is 6.54 Å². The molecule has 0 unspecified atom stereocenters. The van der Waals surface area contributed by atoms with Crippen LogP contribution in [0.3, 0.4) is 0 Å². The zero-order valence-corrected chi connectivity index (χ0v) is 12.0. The molecule has 0 spiro atoms. The molecule has 2 aromatic rings. The van der Waals surface area contributed by atoms with Crippen LogP contribution in [0.1, 0.15) is 29.4 Å². The predicted molar refractivity (Wildman–Crippen MR) is 80.1 cm³/mol. The Hall–Kier alpha value is -2.08. The van der Waals surface area contributed by atoms with Crippen LogP contribution >= 0.6 is 0 Å². The van der Waals surface area contributed by atoms with Crippen LogP contribution in [0.2, 0.25) is 0 Å². The summed E-state index contributed by atoms with van der Waals surface area (Å²) < 4.78 is 3.93. The van der Waals surface area contributed by atoms with Crippen LogP contribution < -0.4 is 10.6 Å². The number of nitrogens with one attached hydrogen (secondary N) is 2. The van der Waals surface area contributed by atoms with Crippen LogP contribution in [0.25, 0.3) is 0 Å². The first-order valence-electron chi connectivity index (χ1n) is 7.48. The fraction of sp³-hybridized carbons (Fsp3) is 0.467. The van der Waals surface area contributed by atoms with Crippen molar-refractivity contribution in [2.75, 3.05) is 19.6 Å². The molecule has 21 heavy (non-hydrogen) atoms. The first-order chi connectivity index (χ1) is 10.3. The summed E-state index contributed by atoms with van der Waals surface area (Å²) in [5, 5.41) is 10.4. The summed E-state index contributed by atoms with van der Waals surface area (Å²) in [4.78, 5) is 12.3. The van der Waals surface area contributed by atoms with E-state index in [1.54, 1.807) is 6.20 Å². The number of carbonyl (C=O) groups is 1. The lowest BCUT2D eigenvalue weighted by Crippen LogP contribution is -2.33. The standard InChI is InChI=1S/C15H21N5O/c21-15(17-9-12-19-10-2-6-18-19)14-3-1-11-20(14)13-4-7-16-8-5-13/h1-3,6,10-11,13,16H,4-5,7-9,12H2,(H,17,21). The molecule has 1 amide bonds. The Morgan fingerprint density at radius 2 is 2.19 bits per heavy atom. The largest absolute Gasteiger partial charge is 0.349 e. The van der Waals surface area contributed by atoms with Gasteiger partial charge in [-0.2, -0.15) is 5.10 Å². The molecule has 6 heteroatoms. The second-order valence-corrected chi connectivity index (χ2v) is 5.31. The molecule has 1 aliphatic rings. The van der Waals surface area contributed by atoms with Gasteiger partial charge in [0.25, 0.3) is 5.91 Å². The van der Waals surface area contributed by atoms with E-state index < -0.39 is 0 Å². The zero-order chi connectivity index (χ0) is 14.5. The topological polar surface area (TPSA) is 63.9 Å². The minimum Gasteiger partial charge on any atom is -0.349 e. The maximum absolute atomic E-state index is 12.3. The Labute approximate surface area is 124 Å². The van der Waals surface area contributed by atoms with Gasteiger partial charge in [0.2, 0.25) is 0 Å². The molecule has 1 aliphatic heterocycles. The van der Waals surface area contributed by atoms with Gasteiger partial charge in [-0.05, 0) is 44.1 Å². The van der Waals surface area contributed by atoms with E-state index in [1.807, 2.05) is 35.3 Å². The molecular weight excluding hydrogens is 266 g/mol. The van der Waals surface area contributed by atoms with Crippen molar-refractivity contribution in [1.29, 1.82) is 0 Å². The number of piperidine rings is 1. The maximum Gasteiger partial charge on any atom is 0.267 e. The summed E-state index contributed by atoms with van der Waals surface area (Å²) in [6.45, 7) is 3.30. The van der Waals surface area contributed by atoms with E-state index in [9.17, 15) is 4.79 Å². The zero-order valence-electron chi connectivity index (χ0n) is 12.0. The molecule has 112 valence electrons. The molecule has 1 fully saturated rings. The number of hydrogen-bond acceptors (Lipinski definition) is 3. The molecule has 0 aliphatic carbocycles. The fourth-order valence-corrected chi connectivity index (χ4v) is 2.80. The minimum absolute atomic E-state index is 0.00862. The van der Waals surface area contributed by atoms with Gasteiger partial charge >= 0.3 is 0 Å². The summed E-state index contributed by atoms with van der Waals surface area (Å²) in [5.41, 5.74) is 0.752. The maximum atomic E-state index is 12.3. The first kappa shape index (κ1) is 13.9. The SMILES string of the molecule is O=C(NCCn1cccn1)c1cccn1C1CCNCC1. The van der Waals surface area contributed by atoms with Crippen LogP contribution in [-0.2, 0) is 6.54 Å². The molecule has 0 bridgehead atoms. The Morgan fingerprint density at radius 3 is 2.95 bits per heavy atom. The van der Waals surface area contributed by atoms with Crippen molar-refractivity contribution < 1.29 is 4.79 Å². The van der Waals surface area contributed by atoms with Gasteiger partial charge in [0.15, 0.2) is 0 Å². The second kappa shape index (κ2) is 6.58. The Balaban J connectivity index is 1.58. The third kappa shape index (κ3) is 3.33. The smallest absolute Gasteiger partial charge is 0.267 e. The number of amides is 1. The summed E-state index contributed by atoms with van der Waals surface area (Å²) in [5.74, 6) is -0.00862. The lowest BCUT2D eigenvalue weighted by Gasteiger charge is -2.25. The van der Waals surface area contributed by atoms with Crippen molar-refractivity contribution >= 4 is 5.91 Å². The quantitative estimate of drug-likeness (QED) is 0.863. The monoisotopic (exact) mass is 287 g/mol. The normalized spacial score (nSPS) is 16.0. The molecule has 0 saturated carbocycles. The van der Waals surface area contributed by atoms with E-state index in [2.05, 4.69) is 20.3 Å². The highest BCUT2D eigenvalue weighted by Crippen LogP contribution is 2.21. The van der Waals surface area contributed by atoms with Crippen molar-refractivity contribution in [2.45, 2.75) is 25.4 Å². The lowest BCUT2D eigenvalue weighted by atomic mass is 10.1. The highest BCUT2D eigenvalue weighted by molar-refractivity contribution is 5.92. The Bertz CT molecular complexity index is 569. The van der Waals surface area contributed by atoms with Crippen LogP contribution in [-0.4, -0.2) is 39.9 Å². The van der Waals surface area contributed by atoms with E-state index in [1.165, 1.54) is 0 Å². The van der Waals surface area contributed by atoms with Gasteiger partial charge in [-0.1, -0.05) is 0 Å². The van der Waals surface area contributed by atoms with Gasteiger partial charge in [0, 0.05) is 31.2 Å². The van der Waals surface area contributed by atoms with E-state index in [-0.39, 0.29) is 5.91 Å². The number of aromatic nitrogens is 3. The molecule has 0 radical (unpaired) electrons. The van der Waals surface area contributed by atoms with Gasteiger partial charge in [-0.25, -0.2) is 0 Å². The van der Waals surface area contributed by atoms with Crippen molar-refractivity contribution in [3.8, 4) is 0 Å². The van der Waals surface area contributed by atoms with Crippen LogP contribution in [0.15, 0.2) is 36.8 Å². The molecule has 2 N–H and O–H groups in total. The van der Waals surface area contributed by atoms with Crippen molar-refractivity contribution in [2.24, 2.45) is 0 Å². The van der Waals surface area contributed by atoms with Crippen molar-refractivity contribution in [1.82, 2.24) is 25.0 Å². The van der Waals surface area contributed by atoms with E-state index in [4.69, 9.17) is 0 Å². The van der Waals surface area contributed by atoms with Gasteiger partial charge in [0.1, 0.15) is 5.69 Å². The number of hydrogen-bond donors (Lipinski definition) is 2. The van der Waals surface area contributed by atoms with Gasteiger partial charge in [-0.15, -0.1) is 0 Å². The predicted octanol–water partition coefficient (Wildman–Crippen LogP) is 1.04. The number of rotatable bonds is 5. The molecule has 6 nitrogen and oxygen atoms in total. The highest BCUT2D eigenvalue weighted by Gasteiger charge is 2.19. The molecule has 3 heterocycles. The molecule has 0 atom stereocenters. The van der Waals surface area contributed by atoms with Gasteiger partial charge < -0.3 is 15.2 Å². The van der Waals surface area contributed by atoms with E-state index in [0.29, 0.717) is 19.1 Å². The molecule has 1 saturated heterocycles. The summed E-state index contributed by atoms with van der Waals surface area (Å²) in [6.07, 6.45) is 7.79. The summed E-state index contributed by atoms with van der Waals surface area (Å²) >= 11 is 0. The lowest BCUT2D eigenvalue weighted by molar-refractivity contribution is 0.0939. The Morgan fingerprint density at radius 1 is 1.33 bits per heavy atom. The molecule has 3 rings (SSSR count). The van der Waals surface area contributed by atoms with Crippen LogP contribution in [0.4, 0.5) is 0 Å². The highest BCUT2D eigenvalue weighted by atomic mass is 16.1. The summed E-state index contributed by atoms with van der Waals surface area (Å²) in [7, 11) is 0. The third-order valence-electron chi connectivity index (χ3n) is 3.90. The number of nitrogens with zero attached hydrogens (tertiary/aromatic N) is 3. The molecule has 0 aromatic carbocycles. The average Bonchev–Trinajstić information content (AvgIpc) is 3.19. The summed E-state index contributed by atoms with van der Waals surface area (Å²) in [6, 6.07) is 6.15. The molecule has 2 aromatic heterocycles. The first-order valence-corrected chi connectivity index (χ1v) is 7.48. The Kier molecular flexibility index (Phi) is 4.35. The van der Waals surface area contributed by atoms with Crippen molar-refractivity contribution in [3.63, 3.8) is 0 Å². The average molecular weight is 287 g/mol. The van der Waals surface area contributed by atoms with Crippen molar-refractivity contribution in [3.05, 3.63) is 42.5 Å². The number of carbonyl (C=O) groups excluding carboxylic acids is 1. The minimum atomic E-state index is -0.00862. The molecular formula is C15H21N5O.